The van der Waals surface area contributed by atoms with Gasteiger partial charge in [-0.1, -0.05) is 50.2 Å². The van der Waals surface area contributed by atoms with Crippen LogP contribution < -0.4 is 0 Å². The van der Waals surface area contributed by atoms with Gasteiger partial charge in [0.15, 0.2) is 0 Å². The van der Waals surface area contributed by atoms with E-state index in [4.69, 9.17) is 0 Å². The second-order valence-electron chi connectivity index (χ2n) is 5.80. The predicted molar refractivity (Wildman–Crippen MR) is 97.1 cm³/mol. The van der Waals surface area contributed by atoms with Crippen LogP contribution in [-0.2, 0) is 23.0 Å². The fourth-order valence-electron chi connectivity index (χ4n) is 2.69. The summed E-state index contributed by atoms with van der Waals surface area (Å²) < 4.78 is 27.5. The first-order valence-electron chi connectivity index (χ1n) is 8.30. The van der Waals surface area contributed by atoms with Crippen molar-refractivity contribution in [2.24, 2.45) is 0 Å². The van der Waals surface area contributed by atoms with Crippen molar-refractivity contribution in [1.82, 2.24) is 4.31 Å². The first-order chi connectivity index (χ1) is 11.9. The van der Waals surface area contributed by atoms with Crippen LogP contribution in [0, 0.1) is 0 Å². The van der Waals surface area contributed by atoms with Crippen LogP contribution in [0.2, 0.25) is 0 Å². The Morgan fingerprint density at radius 3 is 2.32 bits per heavy atom. The molecule has 0 saturated heterocycles. The van der Waals surface area contributed by atoms with E-state index in [-0.39, 0.29) is 17.0 Å². The largest absolute Gasteiger partial charge is 0.478 e. The van der Waals surface area contributed by atoms with Crippen molar-refractivity contribution >= 4 is 16.0 Å². The highest BCUT2D eigenvalue weighted by Gasteiger charge is 2.25. The van der Waals surface area contributed by atoms with E-state index in [2.05, 4.69) is 0 Å². The zero-order valence-corrected chi connectivity index (χ0v) is 15.3. The Hall–Kier alpha value is -2.18. The minimum Gasteiger partial charge on any atom is -0.478 e. The van der Waals surface area contributed by atoms with Gasteiger partial charge in [-0.15, -0.1) is 0 Å². The molecule has 0 saturated carbocycles. The monoisotopic (exact) mass is 361 g/mol. The number of aromatic carboxylic acids is 1. The number of aryl methyl sites for hydroxylation is 1. The van der Waals surface area contributed by atoms with Crippen LogP contribution in [-0.4, -0.2) is 30.3 Å². The summed E-state index contributed by atoms with van der Waals surface area (Å²) in [7, 11) is -3.77. The Morgan fingerprint density at radius 2 is 1.76 bits per heavy atom. The fourth-order valence-corrected chi connectivity index (χ4v) is 4.24. The van der Waals surface area contributed by atoms with Crippen molar-refractivity contribution in [3.63, 3.8) is 0 Å². The molecule has 0 aliphatic carbocycles. The quantitative estimate of drug-likeness (QED) is 0.780. The van der Waals surface area contributed by atoms with Crippen LogP contribution in [0.1, 0.15) is 41.8 Å². The first-order valence-corrected chi connectivity index (χ1v) is 9.74. The van der Waals surface area contributed by atoms with E-state index in [1.165, 1.54) is 16.4 Å². The van der Waals surface area contributed by atoms with Gasteiger partial charge in [-0.25, -0.2) is 13.2 Å². The third kappa shape index (κ3) is 4.46. The molecular weight excluding hydrogens is 338 g/mol. The molecule has 2 aromatic rings. The van der Waals surface area contributed by atoms with Crippen molar-refractivity contribution in [2.45, 2.75) is 38.1 Å². The molecule has 1 N–H and O–H groups in total. The Balaban J connectivity index is 2.43. The summed E-state index contributed by atoms with van der Waals surface area (Å²) in [5, 5.41) is 9.36. The highest BCUT2D eigenvalue weighted by molar-refractivity contribution is 7.89. The number of carbonyl (C=O) groups is 1. The summed E-state index contributed by atoms with van der Waals surface area (Å²) >= 11 is 0. The Morgan fingerprint density at radius 1 is 1.08 bits per heavy atom. The average Bonchev–Trinajstić information content (AvgIpc) is 2.61. The first kappa shape index (κ1) is 19.1. The van der Waals surface area contributed by atoms with Crippen molar-refractivity contribution < 1.29 is 18.3 Å². The lowest BCUT2D eigenvalue weighted by Gasteiger charge is -2.22. The van der Waals surface area contributed by atoms with E-state index in [9.17, 15) is 18.3 Å². The molecule has 5 nitrogen and oxygen atoms in total. The summed E-state index contributed by atoms with van der Waals surface area (Å²) in [5.41, 5.74) is 1.56. The van der Waals surface area contributed by atoms with Crippen LogP contribution in [0.4, 0.5) is 0 Å². The number of hydrogen-bond donors (Lipinski definition) is 1. The molecule has 0 radical (unpaired) electrons. The van der Waals surface area contributed by atoms with Gasteiger partial charge in [0.25, 0.3) is 0 Å². The topological polar surface area (TPSA) is 74.7 Å². The van der Waals surface area contributed by atoms with Gasteiger partial charge >= 0.3 is 5.97 Å². The maximum absolute atomic E-state index is 13.0. The molecular formula is C19H23NO4S. The molecule has 0 spiro atoms. The standard InChI is InChI=1S/C19H23NO4S/c1-3-12-20(14-15-8-6-5-7-9-15)25(23,24)17-11-10-16(4-2)18(13-17)19(21)22/h5-11,13H,3-4,12,14H2,1-2H3,(H,21,22). The maximum Gasteiger partial charge on any atom is 0.336 e. The Bertz CT molecular complexity index is 832. The summed E-state index contributed by atoms with van der Waals surface area (Å²) in [6, 6.07) is 13.7. The molecule has 0 amide bonds. The SMILES string of the molecule is CCCN(Cc1ccccc1)S(=O)(=O)c1ccc(CC)c(C(=O)O)c1. The van der Waals surface area contributed by atoms with Gasteiger partial charge in [-0.3, -0.25) is 0 Å². The van der Waals surface area contributed by atoms with Crippen LogP contribution in [0.5, 0.6) is 0 Å². The van der Waals surface area contributed by atoms with Crippen LogP contribution in [0.15, 0.2) is 53.4 Å². The van der Waals surface area contributed by atoms with E-state index < -0.39 is 16.0 Å². The fraction of sp³-hybridized carbons (Fsp3) is 0.316. The van der Waals surface area contributed by atoms with Gasteiger partial charge in [0.1, 0.15) is 0 Å². The van der Waals surface area contributed by atoms with Crippen molar-refractivity contribution in [2.75, 3.05) is 6.54 Å². The molecule has 134 valence electrons. The van der Waals surface area contributed by atoms with Crippen LogP contribution in [0.3, 0.4) is 0 Å². The smallest absolute Gasteiger partial charge is 0.336 e. The van der Waals surface area contributed by atoms with E-state index in [1.807, 2.05) is 44.2 Å². The Kier molecular flexibility index (Phi) is 6.33. The van der Waals surface area contributed by atoms with E-state index in [1.54, 1.807) is 6.07 Å². The maximum atomic E-state index is 13.0. The van der Waals surface area contributed by atoms with E-state index in [0.29, 0.717) is 24.9 Å². The second kappa shape index (κ2) is 8.27. The number of hydrogen-bond acceptors (Lipinski definition) is 3. The number of carboxylic acid groups (broad SMARTS) is 1. The minimum atomic E-state index is -3.77. The minimum absolute atomic E-state index is 0.0199. The lowest BCUT2D eigenvalue weighted by Crippen LogP contribution is -2.31. The van der Waals surface area contributed by atoms with E-state index >= 15 is 0 Å². The number of nitrogens with zero attached hydrogens (tertiary/aromatic N) is 1. The number of sulfonamides is 1. The zero-order valence-electron chi connectivity index (χ0n) is 14.5. The molecule has 0 aliphatic heterocycles. The molecule has 0 heterocycles. The molecule has 0 fully saturated rings. The average molecular weight is 361 g/mol. The highest BCUT2D eigenvalue weighted by Crippen LogP contribution is 2.22. The molecule has 2 aromatic carbocycles. The lowest BCUT2D eigenvalue weighted by molar-refractivity contribution is 0.0695. The molecule has 0 bridgehead atoms. The van der Waals surface area contributed by atoms with Gasteiger partial charge in [-0.2, -0.15) is 4.31 Å². The molecule has 2 rings (SSSR count). The molecule has 0 atom stereocenters. The van der Waals surface area contributed by atoms with Crippen molar-refractivity contribution in [3.8, 4) is 0 Å². The van der Waals surface area contributed by atoms with Crippen LogP contribution in [0.25, 0.3) is 0 Å². The van der Waals surface area contributed by atoms with Crippen molar-refractivity contribution in [3.05, 3.63) is 65.2 Å². The van der Waals surface area contributed by atoms with Gasteiger partial charge in [0, 0.05) is 13.1 Å². The molecule has 0 aliphatic rings. The number of carboxylic acids is 1. The third-order valence-electron chi connectivity index (χ3n) is 4.01. The molecule has 6 heteroatoms. The van der Waals surface area contributed by atoms with Gasteiger partial charge in [0.2, 0.25) is 10.0 Å². The third-order valence-corrected chi connectivity index (χ3v) is 5.85. The van der Waals surface area contributed by atoms with Gasteiger partial charge < -0.3 is 5.11 Å². The van der Waals surface area contributed by atoms with Gasteiger partial charge in [-0.05, 0) is 36.1 Å². The summed E-state index contributed by atoms with van der Waals surface area (Å²) in [4.78, 5) is 11.5. The molecule has 25 heavy (non-hydrogen) atoms. The number of benzene rings is 2. The zero-order chi connectivity index (χ0) is 18.4. The summed E-state index contributed by atoms with van der Waals surface area (Å²) in [6.45, 7) is 4.38. The van der Waals surface area contributed by atoms with Crippen LogP contribution >= 0.6 is 0 Å². The normalized spacial score (nSPS) is 11.6. The number of rotatable bonds is 8. The van der Waals surface area contributed by atoms with E-state index in [0.717, 1.165) is 5.56 Å². The summed E-state index contributed by atoms with van der Waals surface area (Å²) in [5.74, 6) is -1.11. The molecule has 0 unspecified atom stereocenters. The van der Waals surface area contributed by atoms with Crippen molar-refractivity contribution in [1.29, 1.82) is 0 Å². The predicted octanol–water partition coefficient (Wildman–Crippen LogP) is 3.55. The second-order valence-corrected chi connectivity index (χ2v) is 7.74. The highest BCUT2D eigenvalue weighted by atomic mass is 32.2. The van der Waals surface area contributed by atoms with Gasteiger partial charge in [0.05, 0.1) is 10.5 Å². The lowest BCUT2D eigenvalue weighted by atomic mass is 10.1. The summed E-state index contributed by atoms with van der Waals surface area (Å²) in [6.07, 6.45) is 1.20. The Labute approximate surface area is 149 Å². The molecule has 0 aromatic heterocycles.